The second kappa shape index (κ2) is 10.6. The summed E-state index contributed by atoms with van der Waals surface area (Å²) in [6.07, 6.45) is 1.76. The number of benzene rings is 3. The van der Waals surface area contributed by atoms with Crippen LogP contribution in [-0.2, 0) is 11.4 Å². The molecule has 1 fully saturated rings. The van der Waals surface area contributed by atoms with Gasteiger partial charge < -0.3 is 14.8 Å². The van der Waals surface area contributed by atoms with Gasteiger partial charge in [0.05, 0.1) is 22.7 Å². The molecular formula is C25H20ClIN2O3S. The average molecular weight is 591 g/mol. The Kier molecular flexibility index (Phi) is 7.62. The third kappa shape index (κ3) is 6.10. The minimum absolute atomic E-state index is 0.208. The summed E-state index contributed by atoms with van der Waals surface area (Å²) in [6, 6.07) is 19.4. The summed E-state index contributed by atoms with van der Waals surface area (Å²) in [5.74, 6) is 0.752. The Labute approximate surface area is 215 Å². The fourth-order valence-corrected chi connectivity index (χ4v) is 4.54. The Morgan fingerprint density at radius 3 is 2.55 bits per heavy atom. The number of halogens is 2. The fourth-order valence-electron chi connectivity index (χ4n) is 3.07. The van der Waals surface area contributed by atoms with Crippen molar-refractivity contribution in [2.45, 2.75) is 13.5 Å². The smallest absolute Gasteiger partial charge is 0.264 e. The fraction of sp³-hybridized carbons (Fsp3) is 0.120. The number of rotatable bonds is 6. The summed E-state index contributed by atoms with van der Waals surface area (Å²) in [7, 11) is 1.56. The summed E-state index contributed by atoms with van der Waals surface area (Å²) in [5, 5.41) is 3.74. The third-order valence-corrected chi connectivity index (χ3v) is 6.67. The number of aryl methyl sites for hydroxylation is 1. The van der Waals surface area contributed by atoms with Crippen LogP contribution in [0.2, 0.25) is 5.02 Å². The van der Waals surface area contributed by atoms with E-state index in [9.17, 15) is 4.79 Å². The first-order valence-electron chi connectivity index (χ1n) is 10.0. The van der Waals surface area contributed by atoms with Gasteiger partial charge in [-0.2, -0.15) is 0 Å². The van der Waals surface area contributed by atoms with Crippen LogP contribution in [0.1, 0.15) is 16.7 Å². The van der Waals surface area contributed by atoms with Gasteiger partial charge in [-0.25, -0.2) is 4.99 Å². The van der Waals surface area contributed by atoms with Crippen molar-refractivity contribution in [3.8, 4) is 11.5 Å². The number of ether oxygens (including phenoxy) is 2. The molecule has 4 rings (SSSR count). The quantitative estimate of drug-likeness (QED) is 0.255. The molecule has 0 atom stereocenters. The van der Waals surface area contributed by atoms with Crippen molar-refractivity contribution >= 4 is 68.8 Å². The van der Waals surface area contributed by atoms with Gasteiger partial charge in [0, 0.05) is 3.57 Å². The van der Waals surface area contributed by atoms with Crippen LogP contribution in [-0.4, -0.2) is 18.2 Å². The molecular weight excluding hydrogens is 571 g/mol. The Balaban J connectivity index is 1.52. The van der Waals surface area contributed by atoms with E-state index >= 15 is 0 Å². The number of aliphatic imine (C=N–C) groups is 1. The topological polar surface area (TPSA) is 59.9 Å². The van der Waals surface area contributed by atoms with Crippen molar-refractivity contribution in [2.75, 3.05) is 7.11 Å². The van der Waals surface area contributed by atoms with E-state index in [-0.39, 0.29) is 5.91 Å². The molecule has 1 aliphatic heterocycles. The zero-order valence-electron chi connectivity index (χ0n) is 17.9. The van der Waals surface area contributed by atoms with Crippen LogP contribution in [0.3, 0.4) is 0 Å². The molecule has 1 amide bonds. The van der Waals surface area contributed by atoms with E-state index < -0.39 is 0 Å². The van der Waals surface area contributed by atoms with E-state index in [2.05, 4.69) is 32.9 Å². The molecule has 8 heteroatoms. The molecule has 0 aromatic heterocycles. The first-order valence-corrected chi connectivity index (χ1v) is 12.3. The number of methoxy groups -OCH3 is 1. The van der Waals surface area contributed by atoms with Crippen molar-refractivity contribution in [3.05, 3.63) is 90.9 Å². The molecule has 1 heterocycles. The highest BCUT2D eigenvalue weighted by atomic mass is 127. The predicted octanol–water partition coefficient (Wildman–Crippen LogP) is 6.73. The predicted molar refractivity (Wildman–Crippen MR) is 143 cm³/mol. The van der Waals surface area contributed by atoms with E-state index in [0.29, 0.717) is 33.2 Å². The van der Waals surface area contributed by atoms with E-state index in [1.807, 2.05) is 55.5 Å². The molecule has 0 saturated carbocycles. The lowest BCUT2D eigenvalue weighted by Gasteiger charge is -2.13. The Hall–Kier alpha value is -2.49. The number of amidine groups is 1. The van der Waals surface area contributed by atoms with Gasteiger partial charge in [0.2, 0.25) is 0 Å². The number of carbonyl (C=O) groups excluding carboxylic acids is 1. The maximum atomic E-state index is 12.5. The van der Waals surface area contributed by atoms with E-state index in [1.165, 1.54) is 11.8 Å². The van der Waals surface area contributed by atoms with Crippen molar-refractivity contribution < 1.29 is 14.3 Å². The summed E-state index contributed by atoms with van der Waals surface area (Å²) in [4.78, 5) is 17.5. The van der Waals surface area contributed by atoms with Crippen LogP contribution in [0.4, 0.5) is 5.69 Å². The van der Waals surface area contributed by atoms with Gasteiger partial charge in [0.15, 0.2) is 16.7 Å². The number of nitrogens with zero attached hydrogens (tertiary/aromatic N) is 1. The van der Waals surface area contributed by atoms with Crippen molar-refractivity contribution in [1.29, 1.82) is 0 Å². The molecule has 0 spiro atoms. The minimum atomic E-state index is -0.208. The van der Waals surface area contributed by atoms with E-state index in [1.54, 1.807) is 25.3 Å². The number of nitrogens with one attached hydrogen (secondary N) is 1. The number of amides is 1. The number of carbonyl (C=O) groups is 1. The average Bonchev–Trinajstić information content (AvgIpc) is 3.13. The maximum absolute atomic E-state index is 12.5. The molecule has 1 N–H and O–H groups in total. The van der Waals surface area contributed by atoms with Crippen LogP contribution < -0.4 is 14.8 Å². The molecule has 0 unspecified atom stereocenters. The zero-order chi connectivity index (χ0) is 23.4. The van der Waals surface area contributed by atoms with Gasteiger partial charge >= 0.3 is 0 Å². The van der Waals surface area contributed by atoms with Gasteiger partial charge in [-0.3, -0.25) is 4.79 Å². The molecule has 33 heavy (non-hydrogen) atoms. The second-order valence-electron chi connectivity index (χ2n) is 7.27. The normalized spacial score (nSPS) is 15.7. The summed E-state index contributed by atoms with van der Waals surface area (Å²) < 4.78 is 12.6. The lowest BCUT2D eigenvalue weighted by Crippen LogP contribution is -2.19. The van der Waals surface area contributed by atoms with Gasteiger partial charge in [-0.15, -0.1) is 0 Å². The molecule has 1 aliphatic rings. The van der Waals surface area contributed by atoms with Crippen molar-refractivity contribution in [3.63, 3.8) is 0 Å². The Morgan fingerprint density at radius 2 is 1.85 bits per heavy atom. The zero-order valence-corrected chi connectivity index (χ0v) is 21.6. The monoisotopic (exact) mass is 590 g/mol. The SMILES string of the molecule is COc1cc(/C=C2/SC(=Nc3ccc(C)cc3)NC2=O)cc(Cl)c1OCc1ccc(I)cc1. The molecule has 3 aromatic carbocycles. The van der Waals surface area contributed by atoms with Crippen LogP contribution in [0.5, 0.6) is 11.5 Å². The summed E-state index contributed by atoms with van der Waals surface area (Å²) in [5.41, 5.74) is 3.69. The highest BCUT2D eigenvalue weighted by Crippen LogP contribution is 2.38. The van der Waals surface area contributed by atoms with Gasteiger partial charge in [0.25, 0.3) is 5.91 Å². The maximum Gasteiger partial charge on any atom is 0.264 e. The molecule has 168 valence electrons. The third-order valence-electron chi connectivity index (χ3n) is 4.76. The van der Waals surface area contributed by atoms with Crippen LogP contribution >= 0.6 is 46.0 Å². The van der Waals surface area contributed by atoms with Crippen LogP contribution in [0.15, 0.2) is 70.6 Å². The molecule has 5 nitrogen and oxygen atoms in total. The van der Waals surface area contributed by atoms with Crippen LogP contribution in [0, 0.1) is 10.5 Å². The lowest BCUT2D eigenvalue weighted by atomic mass is 10.1. The molecule has 0 aliphatic carbocycles. The Morgan fingerprint density at radius 1 is 1.12 bits per heavy atom. The van der Waals surface area contributed by atoms with Gasteiger partial charge in [-0.05, 0) is 94.9 Å². The molecule has 0 bridgehead atoms. The lowest BCUT2D eigenvalue weighted by molar-refractivity contribution is -0.115. The first kappa shape index (κ1) is 23.7. The Bertz CT molecular complexity index is 1240. The largest absolute Gasteiger partial charge is 0.493 e. The highest BCUT2D eigenvalue weighted by molar-refractivity contribution is 14.1. The molecule has 1 saturated heterocycles. The van der Waals surface area contributed by atoms with Crippen LogP contribution in [0.25, 0.3) is 6.08 Å². The van der Waals surface area contributed by atoms with E-state index in [0.717, 1.165) is 25.9 Å². The molecule has 0 radical (unpaired) electrons. The summed E-state index contributed by atoms with van der Waals surface area (Å²) in [6.45, 7) is 2.38. The first-order chi connectivity index (χ1) is 15.9. The highest BCUT2D eigenvalue weighted by Gasteiger charge is 2.24. The second-order valence-corrected chi connectivity index (χ2v) is 9.95. The van der Waals surface area contributed by atoms with E-state index in [4.69, 9.17) is 21.1 Å². The summed E-state index contributed by atoms with van der Waals surface area (Å²) >= 11 is 10.0. The number of hydrogen-bond donors (Lipinski definition) is 1. The van der Waals surface area contributed by atoms with Gasteiger partial charge in [-0.1, -0.05) is 41.4 Å². The van der Waals surface area contributed by atoms with Gasteiger partial charge in [0.1, 0.15) is 6.61 Å². The van der Waals surface area contributed by atoms with Crippen molar-refractivity contribution in [1.82, 2.24) is 5.32 Å². The minimum Gasteiger partial charge on any atom is -0.493 e. The number of hydrogen-bond acceptors (Lipinski definition) is 5. The standard InChI is InChI=1S/C25H20ClIN2O3S/c1-15-3-9-19(10-4-15)28-25-29-24(30)22(33-25)13-17-11-20(26)23(21(12-17)31-2)32-14-16-5-7-18(27)8-6-16/h3-13H,14H2,1-2H3,(H,28,29,30)/b22-13+. The molecule has 3 aromatic rings. The van der Waals surface area contributed by atoms with Crippen molar-refractivity contribution in [2.24, 2.45) is 4.99 Å². The number of thioether (sulfide) groups is 1.